The molecular weight excluding hydrogens is 354 g/mol. The van der Waals surface area contributed by atoms with Crippen molar-refractivity contribution in [2.75, 3.05) is 13.7 Å². The minimum Gasteiger partial charge on any atom is -0.463 e. The fourth-order valence-electron chi connectivity index (χ4n) is 5.37. The van der Waals surface area contributed by atoms with Crippen LogP contribution < -0.4 is 0 Å². The van der Waals surface area contributed by atoms with E-state index in [0.717, 1.165) is 37.8 Å². The van der Waals surface area contributed by atoms with Crippen molar-refractivity contribution in [2.45, 2.75) is 78.7 Å². The van der Waals surface area contributed by atoms with E-state index < -0.39 is 0 Å². The first-order valence-electron chi connectivity index (χ1n) is 10.8. The maximum atomic E-state index is 13.3. The summed E-state index contributed by atoms with van der Waals surface area (Å²) in [6.45, 7) is 8.31. The Hall–Kier alpha value is -1.49. The number of esters is 1. The number of hydrogen-bond acceptors (Lipinski definition) is 5. The molecule has 0 bridgehead atoms. The van der Waals surface area contributed by atoms with E-state index in [1.54, 1.807) is 7.11 Å². The zero-order chi connectivity index (χ0) is 20.5. The number of methoxy groups -OCH3 is 1. The predicted molar refractivity (Wildman–Crippen MR) is 109 cm³/mol. The molecule has 1 heterocycles. The monoisotopic (exact) mass is 389 g/mol. The number of hydrogen-bond donors (Lipinski definition) is 0. The Morgan fingerprint density at radius 2 is 1.89 bits per heavy atom. The van der Waals surface area contributed by atoms with Gasteiger partial charge in [-0.25, -0.2) is 4.79 Å². The molecule has 0 aromatic carbocycles. The Balaban J connectivity index is 2.15. The van der Waals surface area contributed by atoms with Crippen LogP contribution in [0.4, 0.5) is 0 Å². The van der Waals surface area contributed by atoms with Crippen molar-refractivity contribution in [3.05, 3.63) is 11.3 Å². The van der Waals surface area contributed by atoms with Crippen molar-refractivity contribution in [2.24, 2.45) is 28.2 Å². The van der Waals surface area contributed by atoms with E-state index >= 15 is 0 Å². The van der Waals surface area contributed by atoms with Crippen molar-refractivity contribution >= 4 is 17.5 Å². The number of ether oxygens (including phenoxy) is 2. The number of aliphatic imine (C=N–C) groups is 1. The molecule has 2 saturated carbocycles. The van der Waals surface area contributed by atoms with Crippen molar-refractivity contribution in [1.82, 2.24) is 0 Å². The first-order chi connectivity index (χ1) is 13.3. The molecule has 2 fully saturated rings. The standard InChI is InChI=1S/C23H35NO4/c1-6-28-22(26)20-18(15-10-8-7-9-11-15)19-16(24-21(20)14(2)27-5)12-23(3,4)13-17(19)25/h14-15,18-19H,6-13H2,1-5H3. The highest BCUT2D eigenvalue weighted by molar-refractivity contribution is 6.11. The van der Waals surface area contributed by atoms with Crippen LogP contribution in [-0.4, -0.2) is 37.3 Å². The largest absolute Gasteiger partial charge is 0.463 e. The first kappa shape index (κ1) is 21.2. The molecule has 3 rings (SSSR count). The van der Waals surface area contributed by atoms with Crippen molar-refractivity contribution in [3.63, 3.8) is 0 Å². The third-order valence-corrected chi connectivity index (χ3v) is 6.64. The SMILES string of the molecule is CCOC(=O)C1=C(C(C)OC)N=C2CC(C)(C)CC(=O)C2C1C1CCCCC1. The summed E-state index contributed by atoms with van der Waals surface area (Å²) in [6, 6.07) is 0. The summed E-state index contributed by atoms with van der Waals surface area (Å²) < 4.78 is 11.0. The van der Waals surface area contributed by atoms with Gasteiger partial charge in [0, 0.05) is 25.2 Å². The Morgan fingerprint density at radius 3 is 2.50 bits per heavy atom. The van der Waals surface area contributed by atoms with E-state index in [1.165, 1.54) is 6.42 Å². The number of nitrogens with zero attached hydrogens (tertiary/aromatic N) is 1. The molecule has 5 heteroatoms. The van der Waals surface area contributed by atoms with Gasteiger partial charge < -0.3 is 9.47 Å². The summed E-state index contributed by atoms with van der Waals surface area (Å²) in [4.78, 5) is 31.3. The van der Waals surface area contributed by atoms with Gasteiger partial charge in [-0.05, 0) is 44.4 Å². The van der Waals surface area contributed by atoms with Gasteiger partial charge in [-0.3, -0.25) is 9.79 Å². The molecule has 0 amide bonds. The zero-order valence-corrected chi connectivity index (χ0v) is 18.0. The van der Waals surface area contributed by atoms with E-state index in [0.29, 0.717) is 30.2 Å². The van der Waals surface area contributed by atoms with Gasteiger partial charge in [0.1, 0.15) is 5.78 Å². The third-order valence-electron chi connectivity index (χ3n) is 6.64. The predicted octanol–water partition coefficient (Wildman–Crippen LogP) is 4.49. The Morgan fingerprint density at radius 1 is 1.21 bits per heavy atom. The fraction of sp³-hybridized carbons (Fsp3) is 0.783. The Labute approximate surface area is 169 Å². The Bertz CT molecular complexity index is 685. The van der Waals surface area contributed by atoms with Crippen LogP contribution in [0, 0.1) is 23.2 Å². The summed E-state index contributed by atoms with van der Waals surface area (Å²) in [5.41, 5.74) is 2.13. The van der Waals surface area contributed by atoms with E-state index in [-0.39, 0.29) is 35.1 Å². The van der Waals surface area contributed by atoms with E-state index in [2.05, 4.69) is 13.8 Å². The second kappa shape index (κ2) is 8.48. The number of carbonyl (C=O) groups is 2. The fourth-order valence-corrected chi connectivity index (χ4v) is 5.37. The van der Waals surface area contributed by atoms with Gasteiger partial charge in [0.25, 0.3) is 0 Å². The molecule has 1 aliphatic heterocycles. The van der Waals surface area contributed by atoms with Gasteiger partial charge >= 0.3 is 5.97 Å². The lowest BCUT2D eigenvalue weighted by atomic mass is 9.60. The van der Waals surface area contributed by atoms with Crippen LogP contribution in [0.2, 0.25) is 0 Å². The van der Waals surface area contributed by atoms with Crippen molar-refractivity contribution < 1.29 is 19.1 Å². The lowest BCUT2D eigenvalue weighted by Crippen LogP contribution is -2.48. The van der Waals surface area contributed by atoms with Gasteiger partial charge in [-0.15, -0.1) is 0 Å². The van der Waals surface area contributed by atoms with Crippen LogP contribution in [0.3, 0.4) is 0 Å². The highest BCUT2D eigenvalue weighted by atomic mass is 16.5. The third kappa shape index (κ3) is 4.10. The average Bonchev–Trinajstić information content (AvgIpc) is 2.65. The molecule has 3 aliphatic rings. The van der Waals surface area contributed by atoms with Gasteiger partial charge in [0.05, 0.1) is 29.9 Å². The lowest BCUT2D eigenvalue weighted by Gasteiger charge is -2.45. The van der Waals surface area contributed by atoms with Crippen molar-refractivity contribution in [1.29, 1.82) is 0 Å². The summed E-state index contributed by atoms with van der Waals surface area (Å²) in [6.07, 6.45) is 6.70. The first-order valence-corrected chi connectivity index (χ1v) is 10.8. The van der Waals surface area contributed by atoms with Crippen molar-refractivity contribution in [3.8, 4) is 0 Å². The normalized spacial score (nSPS) is 29.2. The molecule has 5 nitrogen and oxygen atoms in total. The highest BCUT2D eigenvalue weighted by Crippen LogP contribution is 2.48. The zero-order valence-electron chi connectivity index (χ0n) is 18.0. The Kier molecular flexibility index (Phi) is 6.43. The molecular formula is C23H35NO4. The quantitative estimate of drug-likeness (QED) is 0.650. The number of ketones is 1. The topological polar surface area (TPSA) is 65.0 Å². The molecule has 3 unspecified atom stereocenters. The van der Waals surface area contributed by atoms with Crippen LogP contribution in [0.1, 0.15) is 72.6 Å². The van der Waals surface area contributed by atoms with Gasteiger partial charge in [0.15, 0.2) is 0 Å². The summed E-state index contributed by atoms with van der Waals surface area (Å²) in [5, 5.41) is 0. The molecule has 0 aromatic heterocycles. The molecule has 0 spiro atoms. The maximum Gasteiger partial charge on any atom is 0.336 e. The summed E-state index contributed by atoms with van der Waals surface area (Å²) >= 11 is 0. The molecule has 28 heavy (non-hydrogen) atoms. The second-order valence-corrected chi connectivity index (χ2v) is 9.39. The number of Topliss-reactive ketones (excluding diaryl/α,β-unsaturated/α-hetero) is 1. The molecule has 156 valence electrons. The number of fused-ring (bicyclic) bond motifs is 1. The van der Waals surface area contributed by atoms with E-state index in [9.17, 15) is 9.59 Å². The minimum atomic E-state index is -0.322. The minimum absolute atomic E-state index is 0.0909. The van der Waals surface area contributed by atoms with Gasteiger partial charge in [-0.1, -0.05) is 33.1 Å². The van der Waals surface area contributed by atoms with Crippen LogP contribution in [0.15, 0.2) is 16.3 Å². The number of carbonyl (C=O) groups excluding carboxylic acids is 2. The van der Waals surface area contributed by atoms with Crippen LogP contribution in [-0.2, 0) is 19.1 Å². The van der Waals surface area contributed by atoms with E-state index in [1.807, 2.05) is 13.8 Å². The number of rotatable bonds is 5. The lowest BCUT2D eigenvalue weighted by molar-refractivity contribution is -0.140. The van der Waals surface area contributed by atoms with Crippen LogP contribution >= 0.6 is 0 Å². The molecule has 2 aliphatic carbocycles. The summed E-state index contributed by atoms with van der Waals surface area (Å²) in [5.74, 6) is -0.159. The highest BCUT2D eigenvalue weighted by Gasteiger charge is 2.50. The van der Waals surface area contributed by atoms with Crippen LogP contribution in [0.25, 0.3) is 0 Å². The maximum absolute atomic E-state index is 13.3. The van der Waals surface area contributed by atoms with E-state index in [4.69, 9.17) is 14.5 Å². The molecule has 0 radical (unpaired) electrons. The van der Waals surface area contributed by atoms with Gasteiger partial charge in [-0.2, -0.15) is 0 Å². The molecule has 3 atom stereocenters. The van der Waals surface area contributed by atoms with Crippen LogP contribution in [0.5, 0.6) is 0 Å². The smallest absolute Gasteiger partial charge is 0.336 e. The molecule has 0 saturated heterocycles. The second-order valence-electron chi connectivity index (χ2n) is 9.39. The van der Waals surface area contributed by atoms with Gasteiger partial charge in [0.2, 0.25) is 0 Å². The molecule has 0 aromatic rings. The average molecular weight is 390 g/mol. The summed E-state index contributed by atoms with van der Waals surface area (Å²) in [7, 11) is 1.64. The molecule has 0 N–H and O–H groups in total.